The van der Waals surface area contributed by atoms with Crippen LogP contribution in [0, 0.1) is 12.8 Å². The van der Waals surface area contributed by atoms with Crippen LogP contribution < -0.4 is 5.32 Å². The lowest BCUT2D eigenvalue weighted by Gasteiger charge is -2.19. The van der Waals surface area contributed by atoms with Gasteiger partial charge in [-0.15, -0.1) is 0 Å². The fourth-order valence-electron chi connectivity index (χ4n) is 4.43. The molecule has 0 heterocycles. The molecule has 2 unspecified atom stereocenters. The zero-order chi connectivity index (χ0) is 27.4. The van der Waals surface area contributed by atoms with E-state index in [4.69, 9.17) is 9.73 Å². The number of nitrogens with one attached hydrogen (secondary N) is 1. The van der Waals surface area contributed by atoms with E-state index >= 15 is 0 Å². The average molecular weight is 511 g/mol. The number of benzene rings is 1. The first-order chi connectivity index (χ1) is 17.7. The summed E-state index contributed by atoms with van der Waals surface area (Å²) in [4.78, 5) is 30.0. The van der Waals surface area contributed by atoms with Gasteiger partial charge in [0.15, 0.2) is 5.78 Å². The zero-order valence-electron chi connectivity index (χ0n) is 23.6. The van der Waals surface area contributed by atoms with Crippen molar-refractivity contribution in [2.45, 2.75) is 105 Å². The van der Waals surface area contributed by atoms with Gasteiger partial charge in [-0.2, -0.15) is 0 Å². The van der Waals surface area contributed by atoms with Crippen molar-refractivity contribution in [3.05, 3.63) is 52.6 Å². The number of esters is 1. The molecule has 6 nitrogen and oxygen atoms in total. The first-order valence-corrected chi connectivity index (χ1v) is 13.8. The molecule has 0 spiro atoms. The molecule has 6 heteroatoms. The van der Waals surface area contributed by atoms with Gasteiger partial charge >= 0.3 is 5.97 Å². The molecule has 2 atom stereocenters. The molecule has 1 aliphatic carbocycles. The molecule has 0 aliphatic heterocycles. The van der Waals surface area contributed by atoms with Gasteiger partial charge in [-0.05, 0) is 99.6 Å². The molecule has 1 aliphatic rings. The second-order valence-corrected chi connectivity index (χ2v) is 10.1. The first-order valence-electron chi connectivity index (χ1n) is 13.8. The normalized spacial score (nSPS) is 17.1. The predicted molar refractivity (Wildman–Crippen MR) is 151 cm³/mol. The second kappa shape index (κ2) is 15.6. The van der Waals surface area contributed by atoms with Crippen molar-refractivity contribution in [1.82, 2.24) is 5.32 Å². The lowest BCUT2D eigenvalue weighted by atomic mass is 9.93. The van der Waals surface area contributed by atoms with Crippen LogP contribution in [0.4, 0.5) is 5.69 Å². The first kappa shape index (κ1) is 30.7. The van der Waals surface area contributed by atoms with E-state index in [9.17, 15) is 14.7 Å². The van der Waals surface area contributed by atoms with Crippen LogP contribution in [0.3, 0.4) is 0 Å². The highest BCUT2D eigenvalue weighted by Crippen LogP contribution is 2.26. The minimum Gasteiger partial charge on any atom is -0.461 e. The number of hydrogen-bond donors (Lipinski definition) is 2. The molecular weight excluding hydrogens is 464 g/mol. The molecule has 1 fully saturated rings. The molecule has 0 aromatic heterocycles. The molecule has 1 aromatic rings. The lowest BCUT2D eigenvalue weighted by Crippen LogP contribution is -2.41. The van der Waals surface area contributed by atoms with E-state index in [1.54, 1.807) is 0 Å². The maximum atomic E-state index is 12.5. The predicted octanol–water partition coefficient (Wildman–Crippen LogP) is 6.31. The number of aliphatic hydroxyl groups is 1. The summed E-state index contributed by atoms with van der Waals surface area (Å²) >= 11 is 0. The fraction of sp³-hybridized carbons (Fsp3) is 0.581. The lowest BCUT2D eigenvalue weighted by molar-refractivity contribution is -0.152. The summed E-state index contributed by atoms with van der Waals surface area (Å²) < 4.78 is 5.57. The van der Waals surface area contributed by atoms with Crippen LogP contribution in [0.15, 0.2) is 46.5 Å². The van der Waals surface area contributed by atoms with Gasteiger partial charge < -0.3 is 9.84 Å². The SMILES string of the molecule is C/C=C(\C=C(\C)C(=O)CCC)C(=N/c1cc(CNC(CO)C(=O)OC2CCCC2)ccc1C)/C(C)CC. The molecule has 1 aromatic carbocycles. The standard InChI is InChI=1S/C31H46N2O4/c1-7-12-29(35)23(6)17-25(9-3)30(21(4)8-2)33-27-18-24(16-15-22(27)5)19-32-28(20-34)31(36)37-26-13-10-11-14-26/h9,15-18,21,26,28,32,34H,7-8,10-14,19-20H2,1-6H3/b23-17-,25-9+,33-30+. The van der Waals surface area contributed by atoms with Gasteiger partial charge in [-0.25, -0.2) is 0 Å². The molecule has 2 rings (SSSR count). The van der Waals surface area contributed by atoms with E-state index in [2.05, 4.69) is 19.2 Å². The van der Waals surface area contributed by atoms with Crippen molar-refractivity contribution < 1.29 is 19.4 Å². The van der Waals surface area contributed by atoms with Gasteiger partial charge in [0.2, 0.25) is 0 Å². The van der Waals surface area contributed by atoms with Crippen LogP contribution >= 0.6 is 0 Å². The molecule has 37 heavy (non-hydrogen) atoms. The van der Waals surface area contributed by atoms with Crippen LogP contribution in [-0.2, 0) is 20.9 Å². The number of ether oxygens (including phenoxy) is 1. The highest BCUT2D eigenvalue weighted by atomic mass is 16.5. The van der Waals surface area contributed by atoms with Crippen molar-refractivity contribution in [2.24, 2.45) is 10.9 Å². The van der Waals surface area contributed by atoms with Crippen LogP contribution in [0.5, 0.6) is 0 Å². The number of aryl methyl sites for hydroxylation is 1. The number of ketones is 1. The molecular formula is C31H46N2O4. The smallest absolute Gasteiger partial charge is 0.325 e. The van der Waals surface area contributed by atoms with Gasteiger partial charge in [0, 0.05) is 13.0 Å². The van der Waals surface area contributed by atoms with Crippen molar-refractivity contribution in [2.75, 3.05) is 6.61 Å². The van der Waals surface area contributed by atoms with Crippen molar-refractivity contribution in [1.29, 1.82) is 0 Å². The van der Waals surface area contributed by atoms with Gasteiger partial charge in [-0.3, -0.25) is 19.9 Å². The maximum Gasteiger partial charge on any atom is 0.325 e. The summed E-state index contributed by atoms with van der Waals surface area (Å²) in [5.41, 5.74) is 5.53. The Bertz CT molecular complexity index is 1000. The van der Waals surface area contributed by atoms with Gasteiger partial charge in [0.25, 0.3) is 0 Å². The number of aliphatic imine (C=N–C) groups is 1. The Balaban J connectivity index is 2.26. The number of allylic oxidation sites excluding steroid dienone is 4. The highest BCUT2D eigenvalue weighted by molar-refractivity contribution is 6.07. The second-order valence-electron chi connectivity index (χ2n) is 10.1. The number of carbonyl (C=O) groups is 2. The average Bonchev–Trinajstić information content (AvgIpc) is 3.40. The minimum absolute atomic E-state index is 0.0293. The van der Waals surface area contributed by atoms with Crippen LogP contribution in [0.2, 0.25) is 0 Å². The van der Waals surface area contributed by atoms with Gasteiger partial charge in [-0.1, -0.05) is 39.0 Å². The van der Waals surface area contributed by atoms with E-state index in [0.29, 0.717) is 13.0 Å². The Labute approximate surface area is 223 Å². The Morgan fingerprint density at radius 2 is 1.95 bits per heavy atom. The Kier molecular flexibility index (Phi) is 12.9. The summed E-state index contributed by atoms with van der Waals surface area (Å²) in [6.07, 6.45) is 10.2. The van der Waals surface area contributed by atoms with E-state index in [1.165, 1.54) is 0 Å². The third-order valence-corrected chi connectivity index (χ3v) is 7.09. The Morgan fingerprint density at radius 1 is 1.24 bits per heavy atom. The molecule has 204 valence electrons. The van der Waals surface area contributed by atoms with Crippen molar-refractivity contribution in [3.63, 3.8) is 0 Å². The number of Topliss-reactive ketones (excluding diaryl/α,β-unsaturated/α-hetero) is 1. The summed E-state index contributed by atoms with van der Waals surface area (Å²) in [5, 5.41) is 12.9. The Morgan fingerprint density at radius 3 is 2.54 bits per heavy atom. The topological polar surface area (TPSA) is 88.0 Å². The molecule has 2 N–H and O–H groups in total. The number of aliphatic hydroxyl groups excluding tert-OH is 1. The van der Waals surface area contributed by atoms with Crippen LogP contribution in [0.25, 0.3) is 0 Å². The van der Waals surface area contributed by atoms with E-state index < -0.39 is 12.0 Å². The zero-order valence-corrected chi connectivity index (χ0v) is 23.6. The van der Waals surface area contributed by atoms with Crippen LogP contribution in [-0.4, -0.2) is 41.3 Å². The minimum atomic E-state index is -0.757. The fourth-order valence-corrected chi connectivity index (χ4v) is 4.43. The largest absolute Gasteiger partial charge is 0.461 e. The van der Waals surface area contributed by atoms with Crippen molar-refractivity contribution in [3.8, 4) is 0 Å². The molecule has 1 saturated carbocycles. The number of rotatable bonds is 14. The summed E-state index contributed by atoms with van der Waals surface area (Å²) in [7, 11) is 0. The Hall–Kier alpha value is -2.57. The molecule has 0 amide bonds. The number of carbonyl (C=O) groups excluding carboxylic acids is 2. The van der Waals surface area contributed by atoms with Crippen LogP contribution in [0.1, 0.15) is 90.7 Å². The molecule has 0 radical (unpaired) electrons. The van der Waals surface area contributed by atoms with E-state index in [1.807, 2.05) is 58.0 Å². The quantitative estimate of drug-likeness (QED) is 0.132. The summed E-state index contributed by atoms with van der Waals surface area (Å²) in [6, 6.07) is 5.29. The number of hydrogen-bond acceptors (Lipinski definition) is 6. The molecule has 0 saturated heterocycles. The number of nitrogens with zero attached hydrogens (tertiary/aromatic N) is 1. The summed E-state index contributed by atoms with van der Waals surface area (Å²) in [6.45, 7) is 12.3. The maximum absolute atomic E-state index is 12.5. The monoisotopic (exact) mass is 510 g/mol. The third kappa shape index (κ3) is 9.35. The van der Waals surface area contributed by atoms with Crippen molar-refractivity contribution >= 4 is 23.2 Å². The molecule has 0 bridgehead atoms. The highest BCUT2D eigenvalue weighted by Gasteiger charge is 2.25. The van der Waals surface area contributed by atoms with E-state index in [0.717, 1.165) is 72.2 Å². The van der Waals surface area contributed by atoms with Gasteiger partial charge in [0.1, 0.15) is 12.1 Å². The summed E-state index contributed by atoms with van der Waals surface area (Å²) in [5.74, 6) is -0.0161. The van der Waals surface area contributed by atoms with E-state index in [-0.39, 0.29) is 24.4 Å². The third-order valence-electron chi connectivity index (χ3n) is 7.09. The van der Waals surface area contributed by atoms with Gasteiger partial charge in [0.05, 0.1) is 18.0 Å².